The molecule has 0 fully saturated rings. The average molecular weight is 246 g/mol. The second kappa shape index (κ2) is 5.04. The zero-order valence-corrected chi connectivity index (χ0v) is 10.4. The van der Waals surface area contributed by atoms with Gasteiger partial charge in [-0.1, -0.05) is 6.07 Å². The van der Waals surface area contributed by atoms with Crippen molar-refractivity contribution in [1.82, 2.24) is 0 Å². The Bertz CT molecular complexity index is 529. The minimum absolute atomic E-state index is 0.0107. The molecule has 1 aromatic rings. The van der Waals surface area contributed by atoms with Crippen LogP contribution in [-0.2, 0) is 9.59 Å². The number of rotatable bonds is 3. The fraction of sp³-hybridized carbons (Fsp3) is 0.286. The first-order chi connectivity index (χ1) is 8.63. The van der Waals surface area contributed by atoms with Crippen LogP contribution in [0.25, 0.3) is 5.57 Å². The number of hydrogen-bond acceptors (Lipinski definition) is 4. The van der Waals surface area contributed by atoms with Gasteiger partial charge in [0.2, 0.25) is 0 Å². The van der Waals surface area contributed by atoms with E-state index in [1.54, 1.807) is 26.4 Å². The van der Waals surface area contributed by atoms with Crippen molar-refractivity contribution in [3.05, 3.63) is 29.8 Å². The van der Waals surface area contributed by atoms with E-state index < -0.39 is 0 Å². The van der Waals surface area contributed by atoms with Crippen LogP contribution in [-0.4, -0.2) is 25.8 Å². The molecule has 18 heavy (non-hydrogen) atoms. The van der Waals surface area contributed by atoms with Crippen molar-refractivity contribution in [2.45, 2.75) is 12.8 Å². The van der Waals surface area contributed by atoms with Crippen LogP contribution in [0.5, 0.6) is 11.5 Å². The Kier molecular flexibility index (Phi) is 3.46. The highest BCUT2D eigenvalue weighted by molar-refractivity contribution is 6.14. The first-order valence-corrected chi connectivity index (χ1v) is 5.61. The van der Waals surface area contributed by atoms with E-state index in [-0.39, 0.29) is 18.0 Å². The molecular formula is C14H14O4. The van der Waals surface area contributed by atoms with Crippen molar-refractivity contribution < 1.29 is 19.1 Å². The third kappa shape index (κ3) is 2.42. The van der Waals surface area contributed by atoms with Crippen molar-refractivity contribution in [3.63, 3.8) is 0 Å². The van der Waals surface area contributed by atoms with Gasteiger partial charge >= 0.3 is 0 Å². The fourth-order valence-corrected chi connectivity index (χ4v) is 1.99. The lowest BCUT2D eigenvalue weighted by Crippen LogP contribution is -2.12. The second-order valence-corrected chi connectivity index (χ2v) is 4.10. The summed E-state index contributed by atoms with van der Waals surface area (Å²) in [5.41, 5.74) is 1.55. The standard InChI is InChI=1S/C14H14O4/c1-17-13-4-3-9(7-14(13)18-2)10-5-11(15)8-12(16)6-10/h3-5,7H,6,8H2,1-2H3. The van der Waals surface area contributed by atoms with Crippen LogP contribution >= 0.6 is 0 Å². The highest BCUT2D eigenvalue weighted by Crippen LogP contribution is 2.32. The molecule has 0 aliphatic heterocycles. The molecule has 0 saturated heterocycles. The summed E-state index contributed by atoms with van der Waals surface area (Å²) in [6.07, 6.45) is 1.83. The highest BCUT2D eigenvalue weighted by Gasteiger charge is 2.19. The van der Waals surface area contributed by atoms with Crippen LogP contribution in [0.4, 0.5) is 0 Å². The molecule has 0 aromatic heterocycles. The molecule has 4 heteroatoms. The highest BCUT2D eigenvalue weighted by atomic mass is 16.5. The normalized spacial score (nSPS) is 15.3. The van der Waals surface area contributed by atoms with E-state index in [1.807, 2.05) is 6.07 Å². The summed E-state index contributed by atoms with van der Waals surface area (Å²) < 4.78 is 10.3. The van der Waals surface area contributed by atoms with Gasteiger partial charge in [0, 0.05) is 6.42 Å². The quantitative estimate of drug-likeness (QED) is 0.766. The number of ether oxygens (including phenoxy) is 2. The molecule has 0 spiro atoms. The van der Waals surface area contributed by atoms with Gasteiger partial charge < -0.3 is 9.47 Å². The number of methoxy groups -OCH3 is 2. The molecule has 1 aliphatic rings. The van der Waals surface area contributed by atoms with E-state index in [0.29, 0.717) is 17.9 Å². The summed E-state index contributed by atoms with van der Waals surface area (Å²) in [7, 11) is 3.11. The maximum Gasteiger partial charge on any atom is 0.163 e. The summed E-state index contributed by atoms with van der Waals surface area (Å²) in [6, 6.07) is 5.36. The number of allylic oxidation sites excluding steroid dienone is 2. The molecule has 94 valence electrons. The summed E-state index contributed by atoms with van der Waals surface area (Å²) in [6.45, 7) is 0. The number of Topliss-reactive ketones (excluding diaryl/α,β-unsaturated/α-hetero) is 1. The fourth-order valence-electron chi connectivity index (χ4n) is 1.99. The Balaban J connectivity index is 2.39. The topological polar surface area (TPSA) is 52.6 Å². The molecule has 0 unspecified atom stereocenters. The summed E-state index contributed by atoms with van der Waals surface area (Å²) in [5.74, 6) is 1.01. The van der Waals surface area contributed by atoms with Gasteiger partial charge in [-0.05, 0) is 29.3 Å². The summed E-state index contributed by atoms with van der Waals surface area (Å²) >= 11 is 0. The van der Waals surface area contributed by atoms with Crippen molar-refractivity contribution in [3.8, 4) is 11.5 Å². The van der Waals surface area contributed by atoms with Crippen LogP contribution in [0.1, 0.15) is 18.4 Å². The van der Waals surface area contributed by atoms with E-state index in [2.05, 4.69) is 0 Å². The monoisotopic (exact) mass is 246 g/mol. The zero-order chi connectivity index (χ0) is 13.1. The maximum atomic E-state index is 11.4. The smallest absolute Gasteiger partial charge is 0.163 e. The molecule has 0 atom stereocenters. The van der Waals surface area contributed by atoms with E-state index in [4.69, 9.17) is 9.47 Å². The molecule has 1 aromatic carbocycles. The van der Waals surface area contributed by atoms with E-state index in [9.17, 15) is 9.59 Å². The van der Waals surface area contributed by atoms with Gasteiger partial charge in [-0.15, -0.1) is 0 Å². The van der Waals surface area contributed by atoms with Crippen LogP contribution < -0.4 is 9.47 Å². The Hall–Kier alpha value is -2.10. The lowest BCUT2D eigenvalue weighted by atomic mass is 9.92. The number of carbonyl (C=O) groups is 2. The van der Waals surface area contributed by atoms with Gasteiger partial charge in [-0.25, -0.2) is 0 Å². The van der Waals surface area contributed by atoms with Crippen molar-refractivity contribution >= 4 is 17.1 Å². The third-order valence-corrected chi connectivity index (χ3v) is 2.85. The molecule has 0 amide bonds. The van der Waals surface area contributed by atoms with Gasteiger partial charge in [0.1, 0.15) is 5.78 Å². The SMILES string of the molecule is COc1ccc(C2=CC(=O)CC(=O)C2)cc1OC. The number of hydrogen-bond donors (Lipinski definition) is 0. The van der Waals surface area contributed by atoms with Crippen molar-refractivity contribution in [1.29, 1.82) is 0 Å². The Morgan fingerprint density at radius 2 is 1.72 bits per heavy atom. The Morgan fingerprint density at radius 3 is 2.33 bits per heavy atom. The minimum atomic E-state index is -0.143. The Labute approximate surface area is 105 Å². The summed E-state index contributed by atoms with van der Waals surface area (Å²) in [4.78, 5) is 22.8. The van der Waals surface area contributed by atoms with Crippen molar-refractivity contribution in [2.75, 3.05) is 14.2 Å². The molecule has 0 N–H and O–H groups in total. The predicted octanol–water partition coefficient (Wildman–Crippen LogP) is 2.02. The largest absolute Gasteiger partial charge is 0.493 e. The third-order valence-electron chi connectivity index (χ3n) is 2.85. The van der Waals surface area contributed by atoms with Crippen LogP contribution in [0.15, 0.2) is 24.3 Å². The first kappa shape index (κ1) is 12.4. The van der Waals surface area contributed by atoms with Gasteiger partial charge in [0.05, 0.1) is 20.6 Å². The van der Waals surface area contributed by atoms with E-state index in [1.165, 1.54) is 6.08 Å². The van der Waals surface area contributed by atoms with Gasteiger partial charge in [-0.2, -0.15) is 0 Å². The molecule has 2 rings (SSSR count). The first-order valence-electron chi connectivity index (χ1n) is 5.61. The van der Waals surface area contributed by atoms with Gasteiger partial charge in [-0.3, -0.25) is 9.59 Å². The van der Waals surface area contributed by atoms with Crippen LogP contribution in [0.2, 0.25) is 0 Å². The molecule has 1 aliphatic carbocycles. The minimum Gasteiger partial charge on any atom is -0.493 e. The van der Waals surface area contributed by atoms with Gasteiger partial charge in [0.25, 0.3) is 0 Å². The molecule has 0 bridgehead atoms. The zero-order valence-electron chi connectivity index (χ0n) is 10.4. The van der Waals surface area contributed by atoms with E-state index >= 15 is 0 Å². The van der Waals surface area contributed by atoms with E-state index in [0.717, 1.165) is 11.1 Å². The number of carbonyl (C=O) groups excluding carboxylic acids is 2. The maximum absolute atomic E-state index is 11.4. The lowest BCUT2D eigenvalue weighted by Gasteiger charge is -2.14. The number of benzene rings is 1. The number of ketones is 2. The molecule has 0 heterocycles. The average Bonchev–Trinajstić information content (AvgIpc) is 2.36. The van der Waals surface area contributed by atoms with Crippen LogP contribution in [0, 0.1) is 0 Å². The van der Waals surface area contributed by atoms with Crippen LogP contribution in [0.3, 0.4) is 0 Å². The molecule has 0 saturated carbocycles. The van der Waals surface area contributed by atoms with Crippen molar-refractivity contribution in [2.24, 2.45) is 0 Å². The van der Waals surface area contributed by atoms with Gasteiger partial charge in [0.15, 0.2) is 17.3 Å². The Morgan fingerprint density at radius 1 is 1.00 bits per heavy atom. The second-order valence-electron chi connectivity index (χ2n) is 4.10. The predicted molar refractivity (Wildman–Crippen MR) is 66.8 cm³/mol. The molecule has 0 radical (unpaired) electrons. The summed E-state index contributed by atoms with van der Waals surface area (Å²) in [5, 5.41) is 0. The molecule has 4 nitrogen and oxygen atoms in total. The molecular weight excluding hydrogens is 232 g/mol. The lowest BCUT2D eigenvalue weighted by molar-refractivity contribution is -0.124.